The summed E-state index contributed by atoms with van der Waals surface area (Å²) in [6, 6.07) is 22.8. The van der Waals surface area contributed by atoms with Gasteiger partial charge in [-0.3, -0.25) is 0 Å². The number of rotatable bonds is 2. The van der Waals surface area contributed by atoms with Gasteiger partial charge in [-0.25, -0.2) is 9.78 Å². The zero-order valence-corrected chi connectivity index (χ0v) is 12.2. The average molecular weight is 299 g/mol. The SMILES string of the molecule is O=C(O)c1ccccc1-c1c2ccccc2nc2ccccc12. The zero-order valence-electron chi connectivity index (χ0n) is 12.2. The molecule has 1 N–H and O–H groups in total. The summed E-state index contributed by atoms with van der Waals surface area (Å²) in [5, 5.41) is 11.5. The number of para-hydroxylation sites is 2. The topological polar surface area (TPSA) is 50.2 Å². The van der Waals surface area contributed by atoms with Crippen LogP contribution in [0.15, 0.2) is 72.8 Å². The summed E-state index contributed by atoms with van der Waals surface area (Å²) in [6.07, 6.45) is 0. The van der Waals surface area contributed by atoms with Crippen molar-refractivity contribution in [3.63, 3.8) is 0 Å². The van der Waals surface area contributed by atoms with Crippen LogP contribution in [0.4, 0.5) is 0 Å². The second-order valence-corrected chi connectivity index (χ2v) is 5.37. The Balaban J connectivity index is 2.23. The largest absolute Gasteiger partial charge is 0.478 e. The molecule has 3 nitrogen and oxygen atoms in total. The lowest BCUT2D eigenvalue weighted by atomic mass is 9.93. The minimum Gasteiger partial charge on any atom is -0.478 e. The second-order valence-electron chi connectivity index (χ2n) is 5.37. The Morgan fingerprint density at radius 3 is 1.87 bits per heavy atom. The molecule has 0 fully saturated rings. The first kappa shape index (κ1) is 13.5. The first-order valence-electron chi connectivity index (χ1n) is 7.36. The predicted molar refractivity (Wildman–Crippen MR) is 91.6 cm³/mol. The molecule has 23 heavy (non-hydrogen) atoms. The van der Waals surface area contributed by atoms with Crippen molar-refractivity contribution in [1.29, 1.82) is 0 Å². The van der Waals surface area contributed by atoms with Gasteiger partial charge in [-0.1, -0.05) is 54.6 Å². The molecular formula is C20H13NO2. The lowest BCUT2D eigenvalue weighted by Crippen LogP contribution is -2.00. The summed E-state index contributed by atoms with van der Waals surface area (Å²) < 4.78 is 0. The highest BCUT2D eigenvalue weighted by molar-refractivity contribution is 6.12. The maximum Gasteiger partial charge on any atom is 0.336 e. The Morgan fingerprint density at radius 1 is 0.739 bits per heavy atom. The molecule has 0 atom stereocenters. The fourth-order valence-electron chi connectivity index (χ4n) is 3.02. The lowest BCUT2D eigenvalue weighted by molar-refractivity contribution is 0.0698. The van der Waals surface area contributed by atoms with Crippen LogP contribution >= 0.6 is 0 Å². The molecule has 4 rings (SSSR count). The zero-order chi connectivity index (χ0) is 15.8. The maximum absolute atomic E-state index is 11.7. The van der Waals surface area contributed by atoms with Gasteiger partial charge in [0.25, 0.3) is 0 Å². The number of carbonyl (C=O) groups is 1. The van der Waals surface area contributed by atoms with Gasteiger partial charge >= 0.3 is 5.97 Å². The molecule has 0 saturated carbocycles. The van der Waals surface area contributed by atoms with E-state index in [4.69, 9.17) is 4.98 Å². The van der Waals surface area contributed by atoms with E-state index >= 15 is 0 Å². The van der Waals surface area contributed by atoms with Crippen molar-refractivity contribution in [3.8, 4) is 11.1 Å². The van der Waals surface area contributed by atoms with Gasteiger partial charge < -0.3 is 5.11 Å². The summed E-state index contributed by atoms with van der Waals surface area (Å²) in [4.78, 5) is 16.3. The van der Waals surface area contributed by atoms with Crippen LogP contribution in [0.2, 0.25) is 0 Å². The van der Waals surface area contributed by atoms with Gasteiger partial charge in [0, 0.05) is 16.3 Å². The summed E-state index contributed by atoms with van der Waals surface area (Å²) in [6.45, 7) is 0. The molecule has 1 aromatic heterocycles. The van der Waals surface area contributed by atoms with Crippen molar-refractivity contribution in [2.45, 2.75) is 0 Å². The van der Waals surface area contributed by atoms with E-state index in [1.54, 1.807) is 12.1 Å². The van der Waals surface area contributed by atoms with Crippen molar-refractivity contribution in [2.75, 3.05) is 0 Å². The quantitative estimate of drug-likeness (QED) is 0.543. The molecule has 110 valence electrons. The molecule has 0 aliphatic rings. The van der Waals surface area contributed by atoms with E-state index in [1.807, 2.05) is 60.7 Å². The molecule has 0 spiro atoms. The normalized spacial score (nSPS) is 11.0. The van der Waals surface area contributed by atoms with E-state index in [1.165, 1.54) is 0 Å². The Labute approximate surface area is 132 Å². The summed E-state index contributed by atoms with van der Waals surface area (Å²) in [5.74, 6) is -0.925. The maximum atomic E-state index is 11.7. The molecule has 0 bridgehead atoms. The first-order chi connectivity index (χ1) is 11.3. The van der Waals surface area contributed by atoms with E-state index < -0.39 is 5.97 Å². The number of fused-ring (bicyclic) bond motifs is 2. The average Bonchev–Trinajstić information content (AvgIpc) is 2.59. The molecule has 0 unspecified atom stereocenters. The molecule has 1 heterocycles. The third-order valence-corrected chi connectivity index (χ3v) is 4.01. The van der Waals surface area contributed by atoms with Crippen molar-refractivity contribution < 1.29 is 9.90 Å². The summed E-state index contributed by atoms with van der Waals surface area (Å²) in [7, 11) is 0. The summed E-state index contributed by atoms with van der Waals surface area (Å²) >= 11 is 0. The van der Waals surface area contributed by atoms with Crippen LogP contribution in [0.1, 0.15) is 10.4 Å². The first-order valence-corrected chi connectivity index (χ1v) is 7.36. The van der Waals surface area contributed by atoms with Gasteiger partial charge in [0.15, 0.2) is 0 Å². The number of hydrogen-bond donors (Lipinski definition) is 1. The third-order valence-electron chi connectivity index (χ3n) is 4.01. The number of pyridine rings is 1. The van der Waals surface area contributed by atoms with Crippen LogP contribution in [-0.4, -0.2) is 16.1 Å². The Kier molecular flexibility index (Phi) is 3.05. The highest BCUT2D eigenvalue weighted by Gasteiger charge is 2.16. The van der Waals surface area contributed by atoms with Crippen LogP contribution in [0.3, 0.4) is 0 Å². The number of carboxylic acids is 1. The number of nitrogens with zero attached hydrogens (tertiary/aromatic N) is 1. The molecule has 4 aromatic rings. The molecule has 0 saturated heterocycles. The highest BCUT2D eigenvalue weighted by Crippen LogP contribution is 2.36. The molecule has 0 aliphatic carbocycles. The van der Waals surface area contributed by atoms with E-state index in [2.05, 4.69) is 0 Å². The number of carboxylic acid groups (broad SMARTS) is 1. The van der Waals surface area contributed by atoms with Crippen molar-refractivity contribution in [3.05, 3.63) is 78.4 Å². The minimum atomic E-state index is -0.925. The minimum absolute atomic E-state index is 0.300. The van der Waals surface area contributed by atoms with E-state index in [0.29, 0.717) is 5.56 Å². The van der Waals surface area contributed by atoms with Gasteiger partial charge in [-0.2, -0.15) is 0 Å². The number of aromatic nitrogens is 1. The van der Waals surface area contributed by atoms with Crippen LogP contribution in [0, 0.1) is 0 Å². The van der Waals surface area contributed by atoms with Gasteiger partial charge in [0.2, 0.25) is 0 Å². The van der Waals surface area contributed by atoms with Gasteiger partial charge in [0.1, 0.15) is 0 Å². The predicted octanol–water partition coefficient (Wildman–Crippen LogP) is 4.75. The molecule has 0 amide bonds. The van der Waals surface area contributed by atoms with E-state index in [-0.39, 0.29) is 0 Å². The van der Waals surface area contributed by atoms with Gasteiger partial charge in [0.05, 0.1) is 16.6 Å². The summed E-state index contributed by atoms with van der Waals surface area (Å²) in [5.41, 5.74) is 3.66. The van der Waals surface area contributed by atoms with Crippen LogP contribution < -0.4 is 0 Å². The van der Waals surface area contributed by atoms with Crippen LogP contribution in [0.5, 0.6) is 0 Å². The molecule has 3 heteroatoms. The second kappa shape index (κ2) is 5.21. The smallest absolute Gasteiger partial charge is 0.336 e. The lowest BCUT2D eigenvalue weighted by Gasteiger charge is -2.13. The Morgan fingerprint density at radius 2 is 1.26 bits per heavy atom. The molecule has 3 aromatic carbocycles. The standard InChI is InChI=1S/C20H13NO2/c22-20(23)14-8-2-1-7-13(14)19-15-9-3-5-11-17(15)21-18-12-6-4-10-16(18)19/h1-12H,(H,22,23). The molecule has 0 radical (unpaired) electrons. The number of aromatic carboxylic acids is 1. The van der Waals surface area contributed by atoms with Crippen molar-refractivity contribution in [1.82, 2.24) is 4.98 Å². The van der Waals surface area contributed by atoms with Crippen LogP contribution in [-0.2, 0) is 0 Å². The fourth-order valence-corrected chi connectivity index (χ4v) is 3.02. The van der Waals surface area contributed by atoms with Gasteiger partial charge in [-0.15, -0.1) is 0 Å². The van der Waals surface area contributed by atoms with E-state index in [0.717, 1.165) is 32.9 Å². The number of hydrogen-bond acceptors (Lipinski definition) is 2. The van der Waals surface area contributed by atoms with Gasteiger partial charge in [-0.05, 0) is 23.8 Å². The number of benzene rings is 3. The highest BCUT2D eigenvalue weighted by atomic mass is 16.4. The van der Waals surface area contributed by atoms with E-state index in [9.17, 15) is 9.90 Å². The molecule has 0 aliphatic heterocycles. The van der Waals surface area contributed by atoms with Crippen molar-refractivity contribution in [2.24, 2.45) is 0 Å². The monoisotopic (exact) mass is 299 g/mol. The Bertz CT molecular complexity index is 1000. The molecular weight excluding hydrogens is 286 g/mol. The van der Waals surface area contributed by atoms with Crippen molar-refractivity contribution >= 4 is 27.8 Å². The van der Waals surface area contributed by atoms with Crippen LogP contribution in [0.25, 0.3) is 32.9 Å². The Hall–Kier alpha value is -3.20. The fraction of sp³-hybridized carbons (Fsp3) is 0. The third kappa shape index (κ3) is 2.14.